The molecule has 0 bridgehead atoms. The Morgan fingerprint density at radius 1 is 1.29 bits per heavy atom. The van der Waals surface area contributed by atoms with Gasteiger partial charge in [-0.1, -0.05) is 49.0 Å². The van der Waals surface area contributed by atoms with Crippen LogP contribution in [0.5, 0.6) is 0 Å². The maximum Gasteiger partial charge on any atom is 0.338 e. The van der Waals surface area contributed by atoms with E-state index in [-0.39, 0.29) is 0 Å². The van der Waals surface area contributed by atoms with Crippen molar-refractivity contribution in [2.75, 3.05) is 6.61 Å². The number of amides is 2. The lowest BCUT2D eigenvalue weighted by Crippen LogP contribution is -2.45. The fraction of sp³-hybridized carbons (Fsp3) is 0.412. The molecule has 5 nitrogen and oxygen atoms in total. The third-order valence-corrected chi connectivity index (χ3v) is 4.31. The molecule has 1 atom stereocenters. The summed E-state index contributed by atoms with van der Waals surface area (Å²) in [5, 5.41) is 6.18. The highest BCUT2D eigenvalue weighted by molar-refractivity contribution is 6.35. The molecule has 0 spiro atoms. The van der Waals surface area contributed by atoms with E-state index in [2.05, 4.69) is 17.6 Å². The maximum atomic E-state index is 12.5. The molecule has 1 aliphatic heterocycles. The fourth-order valence-corrected chi connectivity index (χ4v) is 3.05. The highest BCUT2D eigenvalue weighted by Crippen LogP contribution is 2.33. The second-order valence-corrected chi connectivity index (χ2v) is 6.42. The van der Waals surface area contributed by atoms with E-state index < -0.39 is 18.0 Å². The number of nitrogens with one attached hydrogen (secondary N) is 2. The van der Waals surface area contributed by atoms with Gasteiger partial charge in [0.25, 0.3) is 0 Å². The Labute approximate surface area is 151 Å². The second kappa shape index (κ2) is 8.40. The number of halogens is 2. The minimum atomic E-state index is -0.679. The van der Waals surface area contributed by atoms with Crippen LogP contribution < -0.4 is 10.6 Å². The molecule has 2 amide bonds. The van der Waals surface area contributed by atoms with Crippen LogP contribution in [0.15, 0.2) is 29.5 Å². The van der Waals surface area contributed by atoms with Crippen molar-refractivity contribution >= 4 is 35.2 Å². The highest BCUT2D eigenvalue weighted by atomic mass is 35.5. The minimum Gasteiger partial charge on any atom is -0.462 e. The van der Waals surface area contributed by atoms with Gasteiger partial charge in [0.15, 0.2) is 0 Å². The zero-order chi connectivity index (χ0) is 17.7. The fourth-order valence-electron chi connectivity index (χ4n) is 2.53. The molecule has 0 aromatic heterocycles. The monoisotopic (exact) mass is 370 g/mol. The molecule has 1 aromatic rings. The van der Waals surface area contributed by atoms with Crippen molar-refractivity contribution in [2.45, 2.75) is 39.2 Å². The Morgan fingerprint density at radius 3 is 2.71 bits per heavy atom. The van der Waals surface area contributed by atoms with Gasteiger partial charge < -0.3 is 15.4 Å². The van der Waals surface area contributed by atoms with E-state index in [1.54, 1.807) is 25.1 Å². The number of carbonyl (C=O) groups is 2. The standard InChI is InChI=1S/C17H20Cl2N2O3/c1-3-4-5-8-24-16(22)14-10(2)20-17(23)21-15(14)12-7-6-11(18)9-13(12)19/h6-7,9,15H,3-5,8H2,1-2H3,(H2,20,21,23)/t15-/m0/s1. The van der Waals surface area contributed by atoms with Crippen LogP contribution in [0.2, 0.25) is 10.0 Å². The lowest BCUT2D eigenvalue weighted by Gasteiger charge is -2.28. The van der Waals surface area contributed by atoms with Gasteiger partial charge in [-0.25, -0.2) is 9.59 Å². The summed E-state index contributed by atoms with van der Waals surface area (Å²) in [7, 11) is 0. The van der Waals surface area contributed by atoms with Crippen molar-refractivity contribution in [1.82, 2.24) is 10.6 Å². The molecule has 0 radical (unpaired) electrons. The molecule has 0 unspecified atom stereocenters. The third-order valence-electron chi connectivity index (χ3n) is 3.74. The molecule has 0 saturated heterocycles. The van der Waals surface area contributed by atoms with Gasteiger partial charge in [0, 0.05) is 15.7 Å². The van der Waals surface area contributed by atoms with Gasteiger partial charge in [0.05, 0.1) is 18.2 Å². The first-order chi connectivity index (χ1) is 11.4. The molecule has 1 aliphatic rings. The van der Waals surface area contributed by atoms with E-state index in [1.165, 1.54) is 0 Å². The zero-order valence-corrected chi connectivity index (χ0v) is 15.1. The third kappa shape index (κ3) is 4.42. The number of benzene rings is 1. The van der Waals surface area contributed by atoms with Crippen LogP contribution in [0.1, 0.15) is 44.7 Å². The number of carbonyl (C=O) groups excluding carboxylic acids is 2. The average Bonchev–Trinajstić information content (AvgIpc) is 2.50. The lowest BCUT2D eigenvalue weighted by atomic mass is 9.95. The highest BCUT2D eigenvalue weighted by Gasteiger charge is 2.33. The lowest BCUT2D eigenvalue weighted by molar-refractivity contribution is -0.139. The SMILES string of the molecule is CCCCCOC(=O)C1=C(C)NC(=O)N[C@H]1c1ccc(Cl)cc1Cl. The number of ether oxygens (including phenoxy) is 1. The van der Waals surface area contributed by atoms with Crippen LogP contribution in [-0.4, -0.2) is 18.6 Å². The summed E-state index contributed by atoms with van der Waals surface area (Å²) in [6.07, 6.45) is 2.84. The number of unbranched alkanes of at least 4 members (excludes halogenated alkanes) is 2. The zero-order valence-electron chi connectivity index (χ0n) is 13.6. The summed E-state index contributed by atoms with van der Waals surface area (Å²) in [5.74, 6) is -0.466. The van der Waals surface area contributed by atoms with Gasteiger partial charge in [-0.2, -0.15) is 0 Å². The Bertz CT molecular complexity index is 674. The average molecular weight is 371 g/mol. The van der Waals surface area contributed by atoms with Crippen LogP contribution in [-0.2, 0) is 9.53 Å². The van der Waals surface area contributed by atoms with Gasteiger partial charge in [-0.05, 0) is 31.0 Å². The van der Waals surface area contributed by atoms with Crippen molar-refractivity contribution in [3.05, 3.63) is 45.1 Å². The van der Waals surface area contributed by atoms with Crippen molar-refractivity contribution in [1.29, 1.82) is 0 Å². The summed E-state index contributed by atoms with van der Waals surface area (Å²) >= 11 is 12.2. The molecular weight excluding hydrogens is 351 g/mol. The number of rotatable bonds is 6. The van der Waals surface area contributed by atoms with E-state index in [9.17, 15) is 9.59 Å². The van der Waals surface area contributed by atoms with E-state index in [4.69, 9.17) is 27.9 Å². The summed E-state index contributed by atoms with van der Waals surface area (Å²) in [6, 6.07) is 3.86. The second-order valence-electron chi connectivity index (χ2n) is 5.58. The first-order valence-electron chi connectivity index (χ1n) is 7.84. The van der Waals surface area contributed by atoms with E-state index in [0.717, 1.165) is 19.3 Å². The van der Waals surface area contributed by atoms with Crippen LogP contribution in [0, 0.1) is 0 Å². The number of allylic oxidation sites excluding steroid dienone is 1. The molecule has 1 aromatic carbocycles. The van der Waals surface area contributed by atoms with Crippen LogP contribution in [0.25, 0.3) is 0 Å². The van der Waals surface area contributed by atoms with Crippen molar-refractivity contribution in [3.63, 3.8) is 0 Å². The summed E-state index contributed by atoms with van der Waals surface area (Å²) in [6.45, 7) is 4.09. The Hall–Kier alpha value is -1.72. The van der Waals surface area contributed by atoms with Crippen LogP contribution in [0.3, 0.4) is 0 Å². The van der Waals surface area contributed by atoms with Gasteiger partial charge in [-0.15, -0.1) is 0 Å². The van der Waals surface area contributed by atoms with Gasteiger partial charge >= 0.3 is 12.0 Å². The summed E-state index contributed by atoms with van der Waals surface area (Å²) in [5.41, 5.74) is 1.39. The predicted octanol–water partition coefficient (Wildman–Crippen LogP) is 4.35. The first kappa shape index (κ1) is 18.6. The molecule has 7 heteroatoms. The predicted molar refractivity (Wildman–Crippen MR) is 94.1 cm³/mol. The molecule has 0 aliphatic carbocycles. The molecular formula is C17H20Cl2N2O3. The van der Waals surface area contributed by atoms with Crippen molar-refractivity contribution in [2.24, 2.45) is 0 Å². The van der Waals surface area contributed by atoms with E-state index in [1.807, 2.05) is 0 Å². The Kier molecular flexibility index (Phi) is 6.52. The largest absolute Gasteiger partial charge is 0.462 e. The number of esters is 1. The number of urea groups is 1. The van der Waals surface area contributed by atoms with Gasteiger partial charge in [-0.3, -0.25) is 0 Å². The summed E-state index contributed by atoms with van der Waals surface area (Å²) in [4.78, 5) is 24.3. The first-order valence-corrected chi connectivity index (χ1v) is 8.60. The summed E-state index contributed by atoms with van der Waals surface area (Å²) < 4.78 is 5.35. The molecule has 0 saturated carbocycles. The molecule has 0 fully saturated rings. The van der Waals surface area contributed by atoms with Gasteiger partial charge in [0.1, 0.15) is 0 Å². The molecule has 1 heterocycles. The van der Waals surface area contributed by atoms with Gasteiger partial charge in [0.2, 0.25) is 0 Å². The quantitative estimate of drug-likeness (QED) is 0.577. The van der Waals surface area contributed by atoms with Crippen molar-refractivity contribution < 1.29 is 14.3 Å². The smallest absolute Gasteiger partial charge is 0.338 e. The Balaban J connectivity index is 2.28. The minimum absolute atomic E-state index is 0.343. The topological polar surface area (TPSA) is 67.4 Å². The molecule has 130 valence electrons. The van der Waals surface area contributed by atoms with Crippen molar-refractivity contribution in [3.8, 4) is 0 Å². The maximum absolute atomic E-state index is 12.5. The van der Waals surface area contributed by atoms with E-state index in [0.29, 0.717) is 33.5 Å². The molecule has 2 N–H and O–H groups in total. The number of hydrogen-bond donors (Lipinski definition) is 2. The molecule has 2 rings (SSSR count). The normalized spacial score (nSPS) is 17.3. The number of hydrogen-bond acceptors (Lipinski definition) is 3. The molecule has 24 heavy (non-hydrogen) atoms. The Morgan fingerprint density at radius 2 is 2.04 bits per heavy atom. The van der Waals surface area contributed by atoms with Crippen LogP contribution in [0.4, 0.5) is 4.79 Å². The van der Waals surface area contributed by atoms with Crippen LogP contribution >= 0.6 is 23.2 Å². The van der Waals surface area contributed by atoms with E-state index >= 15 is 0 Å².